The van der Waals surface area contributed by atoms with E-state index in [1.807, 2.05) is 81.2 Å². The normalized spacial score (nSPS) is 20.7. The lowest BCUT2D eigenvalue weighted by Gasteiger charge is -2.40. The summed E-state index contributed by atoms with van der Waals surface area (Å²) < 4.78 is 7.97. The van der Waals surface area contributed by atoms with Gasteiger partial charge in [-0.1, -0.05) is 24.3 Å². The number of amides is 6. The number of urea groups is 1. The summed E-state index contributed by atoms with van der Waals surface area (Å²) in [6.45, 7) is 5.63. The number of carbonyl (C=O) groups excluding carboxylic acids is 5. The number of hydrogen-bond donors (Lipinski definition) is 2. The van der Waals surface area contributed by atoms with Crippen LogP contribution in [0.3, 0.4) is 0 Å². The molecule has 3 N–H and O–H groups in total. The molecular weight excluding hydrogens is 801 g/mol. The van der Waals surface area contributed by atoms with Gasteiger partial charge in [0.05, 0.1) is 22.6 Å². The third-order valence-corrected chi connectivity index (χ3v) is 13.6. The number of imide groups is 2. The number of nitrogens with zero attached hydrogens (tertiary/aromatic N) is 8. The van der Waals surface area contributed by atoms with Gasteiger partial charge in [-0.2, -0.15) is 5.10 Å². The van der Waals surface area contributed by atoms with E-state index in [-0.39, 0.29) is 36.7 Å². The molecule has 0 radical (unpaired) electrons. The van der Waals surface area contributed by atoms with Crippen molar-refractivity contribution in [1.82, 2.24) is 44.7 Å². The van der Waals surface area contributed by atoms with Gasteiger partial charge >= 0.3 is 6.03 Å². The fourth-order valence-corrected chi connectivity index (χ4v) is 10.1. The number of aromatic nitrogens is 4. The van der Waals surface area contributed by atoms with E-state index in [4.69, 9.17) is 15.6 Å². The number of anilines is 1. The first-order valence-corrected chi connectivity index (χ1v) is 22.1. The van der Waals surface area contributed by atoms with Crippen LogP contribution in [0.1, 0.15) is 89.6 Å². The number of rotatable bonds is 8. The van der Waals surface area contributed by atoms with Crippen molar-refractivity contribution in [3.8, 4) is 22.8 Å². The lowest BCUT2D eigenvalue weighted by molar-refractivity contribution is -0.136. The van der Waals surface area contributed by atoms with Gasteiger partial charge in [-0.25, -0.2) is 19.4 Å². The van der Waals surface area contributed by atoms with Crippen molar-refractivity contribution in [2.45, 2.75) is 69.4 Å². The minimum absolute atomic E-state index is 0.0555. The molecule has 7 heterocycles. The van der Waals surface area contributed by atoms with E-state index in [0.29, 0.717) is 41.6 Å². The van der Waals surface area contributed by atoms with Gasteiger partial charge in [-0.3, -0.25) is 29.4 Å². The van der Waals surface area contributed by atoms with E-state index in [1.54, 1.807) is 6.07 Å². The van der Waals surface area contributed by atoms with Crippen molar-refractivity contribution >= 4 is 46.5 Å². The average molecular weight is 851 g/mol. The standard InChI is InChI=1S/C47H50N10O6/c48-42-40-41(31-6-9-35(10-7-31)63-34-4-2-1-3-5-34)52-57(43(40)50-28-49-42)33-18-24-55(25-19-33)47(62)54-22-14-29(15-23-54)27-53-20-16-30(17-21-53)32-8-11-36-37(26-32)46(61)56(45(36)60)38-12-13-39(58)51-44(38)59/h1-11,26,28-30,33,38H,12-25,27H2,(H2,48,49,50)(H,51,58,59). The van der Waals surface area contributed by atoms with Crippen molar-refractivity contribution in [2.75, 3.05) is 51.5 Å². The number of nitrogens with two attached hydrogens (primary N) is 1. The summed E-state index contributed by atoms with van der Waals surface area (Å²) in [5, 5.41) is 8.04. The highest BCUT2D eigenvalue weighted by Gasteiger charge is 2.45. The molecule has 63 heavy (non-hydrogen) atoms. The summed E-state index contributed by atoms with van der Waals surface area (Å²) in [6.07, 6.45) is 7.04. The molecule has 16 heteroatoms. The molecule has 0 aliphatic carbocycles. The van der Waals surface area contributed by atoms with Crippen LogP contribution in [0.2, 0.25) is 0 Å². The third-order valence-electron chi connectivity index (χ3n) is 13.6. The number of para-hydroxylation sites is 1. The van der Waals surface area contributed by atoms with Crippen LogP contribution in [0.5, 0.6) is 11.5 Å². The molecule has 2 aromatic heterocycles. The number of fused-ring (bicyclic) bond motifs is 2. The van der Waals surface area contributed by atoms with Gasteiger partial charge in [0, 0.05) is 44.7 Å². The summed E-state index contributed by atoms with van der Waals surface area (Å²) in [5.74, 6) is 0.700. The number of benzene rings is 3. The average Bonchev–Trinajstić information content (AvgIpc) is 3.82. The molecule has 5 aromatic rings. The van der Waals surface area contributed by atoms with Crippen LogP contribution in [0.15, 0.2) is 79.1 Å². The molecule has 4 fully saturated rings. The van der Waals surface area contributed by atoms with Crippen LogP contribution in [0, 0.1) is 5.92 Å². The van der Waals surface area contributed by atoms with Crippen LogP contribution >= 0.6 is 0 Å². The predicted octanol–water partition coefficient (Wildman–Crippen LogP) is 5.62. The number of likely N-dealkylation sites (tertiary alicyclic amines) is 3. The Morgan fingerprint density at radius 2 is 1.43 bits per heavy atom. The van der Waals surface area contributed by atoms with E-state index in [9.17, 15) is 24.0 Å². The summed E-state index contributed by atoms with van der Waals surface area (Å²) in [4.78, 5) is 80.9. The summed E-state index contributed by atoms with van der Waals surface area (Å²) in [6, 6.07) is 22.1. The third kappa shape index (κ3) is 7.88. The maximum Gasteiger partial charge on any atom is 0.320 e. The molecule has 1 atom stereocenters. The number of piperidine rings is 4. The van der Waals surface area contributed by atoms with Crippen LogP contribution < -0.4 is 15.8 Å². The maximum absolute atomic E-state index is 13.8. The Kier molecular flexibility index (Phi) is 10.8. The number of hydrogen-bond acceptors (Lipinski definition) is 11. The van der Waals surface area contributed by atoms with Gasteiger partial charge in [0.1, 0.15) is 35.4 Å². The molecule has 0 spiro atoms. The maximum atomic E-state index is 13.8. The smallest absolute Gasteiger partial charge is 0.320 e. The van der Waals surface area contributed by atoms with Crippen LogP contribution in [-0.4, -0.2) is 121 Å². The SMILES string of the molecule is Nc1ncnc2c1c(-c1ccc(Oc3ccccc3)cc1)nn2C1CCN(C(=O)N2CCC(CN3CCC(c4ccc5c(c4)C(=O)N(C4CCC(=O)NC4=O)C5=O)CC3)CC2)CC1. The first-order valence-electron chi connectivity index (χ1n) is 22.1. The Morgan fingerprint density at radius 3 is 2.14 bits per heavy atom. The Bertz CT molecular complexity index is 2570. The molecular formula is C47H50N10O6. The summed E-state index contributed by atoms with van der Waals surface area (Å²) in [7, 11) is 0. The van der Waals surface area contributed by atoms with E-state index in [1.165, 1.54) is 6.33 Å². The number of nitrogen functional groups attached to an aromatic ring is 1. The van der Waals surface area contributed by atoms with Gasteiger partial charge in [0.15, 0.2) is 5.65 Å². The summed E-state index contributed by atoms with van der Waals surface area (Å²) >= 11 is 0. The largest absolute Gasteiger partial charge is 0.457 e. The minimum Gasteiger partial charge on any atom is -0.457 e. The highest BCUT2D eigenvalue weighted by Crippen LogP contribution is 2.37. The van der Waals surface area contributed by atoms with Gasteiger partial charge in [0.25, 0.3) is 11.8 Å². The molecule has 324 valence electrons. The van der Waals surface area contributed by atoms with E-state index in [0.717, 1.165) is 110 Å². The lowest BCUT2D eigenvalue weighted by atomic mass is 9.87. The number of ether oxygens (including phenoxy) is 1. The van der Waals surface area contributed by atoms with Crippen LogP contribution in [-0.2, 0) is 9.59 Å². The fraction of sp³-hybridized carbons (Fsp3) is 0.404. The topological polar surface area (TPSA) is 189 Å². The Labute approximate surface area is 364 Å². The monoisotopic (exact) mass is 850 g/mol. The molecule has 4 saturated heterocycles. The Hall–Kier alpha value is -6.68. The second-order valence-corrected chi connectivity index (χ2v) is 17.4. The molecule has 5 aliphatic rings. The number of nitrogens with one attached hydrogen (secondary N) is 1. The second kappa shape index (κ2) is 16.9. The molecule has 6 amide bonds. The number of carbonyl (C=O) groups is 5. The Balaban J connectivity index is 0.697. The lowest BCUT2D eigenvalue weighted by Crippen LogP contribution is -2.54. The van der Waals surface area contributed by atoms with E-state index >= 15 is 0 Å². The summed E-state index contributed by atoms with van der Waals surface area (Å²) in [5.41, 5.74) is 10.4. The zero-order chi connectivity index (χ0) is 43.2. The predicted molar refractivity (Wildman–Crippen MR) is 233 cm³/mol. The molecule has 1 unspecified atom stereocenters. The molecule has 16 nitrogen and oxygen atoms in total. The first kappa shape index (κ1) is 40.4. The van der Waals surface area contributed by atoms with Crippen molar-refractivity contribution in [2.24, 2.45) is 5.92 Å². The van der Waals surface area contributed by atoms with E-state index in [2.05, 4.69) is 20.2 Å². The molecule has 3 aromatic carbocycles. The second-order valence-electron chi connectivity index (χ2n) is 17.4. The fourth-order valence-electron chi connectivity index (χ4n) is 10.1. The van der Waals surface area contributed by atoms with Gasteiger partial charge in [-0.15, -0.1) is 0 Å². The van der Waals surface area contributed by atoms with E-state index < -0.39 is 23.8 Å². The minimum atomic E-state index is -0.969. The van der Waals surface area contributed by atoms with Crippen LogP contribution in [0.4, 0.5) is 10.6 Å². The van der Waals surface area contributed by atoms with Gasteiger partial charge < -0.3 is 25.2 Å². The highest BCUT2D eigenvalue weighted by atomic mass is 16.5. The molecule has 10 rings (SSSR count). The zero-order valence-corrected chi connectivity index (χ0v) is 35.0. The zero-order valence-electron chi connectivity index (χ0n) is 35.0. The van der Waals surface area contributed by atoms with Crippen LogP contribution in [0.25, 0.3) is 22.3 Å². The van der Waals surface area contributed by atoms with Crippen molar-refractivity contribution < 1.29 is 28.7 Å². The van der Waals surface area contributed by atoms with Crippen molar-refractivity contribution in [3.63, 3.8) is 0 Å². The first-order chi connectivity index (χ1) is 30.7. The molecule has 0 saturated carbocycles. The molecule has 0 bridgehead atoms. The van der Waals surface area contributed by atoms with Crippen molar-refractivity contribution in [3.05, 3.63) is 95.8 Å². The van der Waals surface area contributed by atoms with Gasteiger partial charge in [-0.05, 0) is 124 Å². The highest BCUT2D eigenvalue weighted by molar-refractivity contribution is 6.23. The molecule has 5 aliphatic heterocycles. The van der Waals surface area contributed by atoms with Gasteiger partial charge in [0.2, 0.25) is 11.8 Å². The van der Waals surface area contributed by atoms with Crippen molar-refractivity contribution in [1.29, 1.82) is 0 Å². The quantitative estimate of drug-likeness (QED) is 0.185. The Morgan fingerprint density at radius 1 is 0.746 bits per heavy atom.